The SMILES string of the molecule is O=C(CSc1nnc(N2CCCC2)n1Cc1ccco1)Nc1cc(Cl)ccc1[N+](=O)[O-]. The van der Waals surface area contributed by atoms with Crippen LogP contribution in [-0.4, -0.2) is 44.4 Å². The van der Waals surface area contributed by atoms with E-state index < -0.39 is 10.8 Å². The summed E-state index contributed by atoms with van der Waals surface area (Å²) in [6.45, 7) is 2.25. The van der Waals surface area contributed by atoms with Crippen LogP contribution in [0.4, 0.5) is 17.3 Å². The third kappa shape index (κ3) is 5.00. The van der Waals surface area contributed by atoms with Crippen molar-refractivity contribution in [1.29, 1.82) is 0 Å². The highest BCUT2D eigenvalue weighted by Gasteiger charge is 2.23. The predicted molar refractivity (Wildman–Crippen MR) is 117 cm³/mol. The van der Waals surface area contributed by atoms with Gasteiger partial charge in [-0.2, -0.15) is 0 Å². The van der Waals surface area contributed by atoms with Crippen molar-refractivity contribution in [3.8, 4) is 0 Å². The van der Waals surface area contributed by atoms with Gasteiger partial charge in [-0.3, -0.25) is 19.5 Å². The number of halogens is 1. The van der Waals surface area contributed by atoms with Crippen molar-refractivity contribution < 1.29 is 14.1 Å². The summed E-state index contributed by atoms with van der Waals surface area (Å²) in [5.74, 6) is 1.08. The summed E-state index contributed by atoms with van der Waals surface area (Å²) in [6.07, 6.45) is 3.79. The van der Waals surface area contributed by atoms with E-state index in [-0.39, 0.29) is 17.1 Å². The van der Waals surface area contributed by atoms with Crippen LogP contribution in [-0.2, 0) is 11.3 Å². The second-order valence-electron chi connectivity index (χ2n) is 6.90. The van der Waals surface area contributed by atoms with E-state index in [1.54, 1.807) is 6.26 Å². The molecule has 1 saturated heterocycles. The predicted octanol–water partition coefficient (Wildman–Crippen LogP) is 3.81. The monoisotopic (exact) mass is 462 g/mol. The van der Waals surface area contributed by atoms with Crippen LogP contribution in [0.1, 0.15) is 18.6 Å². The Bertz CT molecular complexity index is 1080. The maximum Gasteiger partial charge on any atom is 0.292 e. The number of hydrogen-bond donors (Lipinski definition) is 1. The molecule has 4 rings (SSSR count). The smallest absolute Gasteiger partial charge is 0.292 e. The average Bonchev–Trinajstić information content (AvgIpc) is 3.49. The molecule has 0 saturated carbocycles. The molecule has 1 fully saturated rings. The first-order chi connectivity index (χ1) is 15.0. The molecule has 1 aromatic carbocycles. The maximum absolute atomic E-state index is 12.5. The molecule has 0 unspecified atom stereocenters. The highest BCUT2D eigenvalue weighted by molar-refractivity contribution is 7.99. The van der Waals surface area contributed by atoms with Crippen LogP contribution in [0.25, 0.3) is 0 Å². The zero-order chi connectivity index (χ0) is 21.8. The number of nitrogens with zero attached hydrogens (tertiary/aromatic N) is 5. The molecule has 1 aliphatic heterocycles. The van der Waals surface area contributed by atoms with Crippen molar-refractivity contribution in [3.05, 3.63) is 57.5 Å². The Kier molecular flexibility index (Phi) is 6.42. The minimum atomic E-state index is -0.568. The Morgan fingerprint density at radius 1 is 1.29 bits per heavy atom. The third-order valence-electron chi connectivity index (χ3n) is 4.74. The van der Waals surface area contributed by atoms with Gasteiger partial charge in [0.2, 0.25) is 11.9 Å². The first kappa shape index (κ1) is 21.2. The van der Waals surface area contributed by atoms with Gasteiger partial charge in [0.25, 0.3) is 5.69 Å². The molecule has 1 amide bonds. The summed E-state index contributed by atoms with van der Waals surface area (Å²) in [7, 11) is 0. The maximum atomic E-state index is 12.5. The molecule has 1 aliphatic rings. The molecule has 12 heteroatoms. The van der Waals surface area contributed by atoms with E-state index in [1.807, 2.05) is 16.7 Å². The van der Waals surface area contributed by atoms with Gasteiger partial charge in [-0.05, 0) is 37.1 Å². The standard InChI is InChI=1S/C19H19ClN6O4S/c20-13-5-6-16(26(28)29)15(10-13)21-17(27)12-31-19-23-22-18(24-7-1-2-8-24)25(19)11-14-4-3-9-30-14/h3-6,9-10H,1-2,7-8,11-12H2,(H,21,27). The van der Waals surface area contributed by atoms with Crippen LogP contribution in [0.2, 0.25) is 5.02 Å². The van der Waals surface area contributed by atoms with Crippen molar-refractivity contribution in [2.75, 3.05) is 29.1 Å². The van der Waals surface area contributed by atoms with Crippen molar-refractivity contribution in [2.24, 2.45) is 0 Å². The molecule has 3 aromatic rings. The molecule has 0 atom stereocenters. The van der Waals surface area contributed by atoms with Gasteiger partial charge in [0.15, 0.2) is 5.16 Å². The Labute approximate surface area is 186 Å². The normalized spacial score (nSPS) is 13.5. The van der Waals surface area contributed by atoms with Crippen molar-refractivity contribution in [3.63, 3.8) is 0 Å². The fourth-order valence-corrected chi connectivity index (χ4v) is 4.22. The molecule has 2 aromatic heterocycles. The van der Waals surface area contributed by atoms with Crippen LogP contribution in [0.15, 0.2) is 46.2 Å². The third-order valence-corrected chi connectivity index (χ3v) is 5.94. The van der Waals surface area contributed by atoms with E-state index in [1.165, 1.54) is 30.0 Å². The minimum Gasteiger partial charge on any atom is -0.467 e. The van der Waals surface area contributed by atoms with Gasteiger partial charge in [-0.15, -0.1) is 10.2 Å². The van der Waals surface area contributed by atoms with E-state index in [4.69, 9.17) is 16.0 Å². The van der Waals surface area contributed by atoms with Gasteiger partial charge in [0, 0.05) is 24.2 Å². The number of carbonyl (C=O) groups excluding carboxylic acids is 1. The summed E-state index contributed by atoms with van der Waals surface area (Å²) in [5.41, 5.74) is -0.169. The number of nitro groups is 1. The number of carbonyl (C=O) groups is 1. The van der Waals surface area contributed by atoms with Crippen LogP contribution < -0.4 is 10.2 Å². The molecule has 3 heterocycles. The first-order valence-electron chi connectivity index (χ1n) is 9.58. The van der Waals surface area contributed by atoms with Gasteiger partial charge in [0.05, 0.1) is 23.5 Å². The number of nitrogens with one attached hydrogen (secondary N) is 1. The van der Waals surface area contributed by atoms with E-state index in [0.29, 0.717) is 16.7 Å². The van der Waals surface area contributed by atoms with Gasteiger partial charge >= 0.3 is 0 Å². The Morgan fingerprint density at radius 3 is 2.81 bits per heavy atom. The fraction of sp³-hybridized carbons (Fsp3) is 0.316. The second kappa shape index (κ2) is 9.40. The van der Waals surface area contributed by atoms with Gasteiger partial charge in [0.1, 0.15) is 11.4 Å². The summed E-state index contributed by atoms with van der Waals surface area (Å²) >= 11 is 7.12. The number of thioether (sulfide) groups is 1. The summed E-state index contributed by atoms with van der Waals surface area (Å²) in [4.78, 5) is 25.3. The molecule has 0 spiro atoms. The molecule has 1 N–H and O–H groups in total. The molecular formula is C19H19ClN6O4S. The van der Waals surface area contributed by atoms with Crippen molar-refractivity contribution >= 4 is 46.6 Å². The zero-order valence-electron chi connectivity index (χ0n) is 16.4. The van der Waals surface area contributed by atoms with Crippen LogP contribution in [0.3, 0.4) is 0 Å². The lowest BCUT2D eigenvalue weighted by Crippen LogP contribution is -2.23. The van der Waals surface area contributed by atoms with Crippen LogP contribution >= 0.6 is 23.4 Å². The number of hydrogen-bond acceptors (Lipinski definition) is 8. The van der Waals surface area contributed by atoms with E-state index >= 15 is 0 Å². The van der Waals surface area contributed by atoms with Crippen molar-refractivity contribution in [2.45, 2.75) is 24.5 Å². The number of rotatable bonds is 8. The Balaban J connectivity index is 1.48. The largest absolute Gasteiger partial charge is 0.467 e. The number of nitro benzene ring substituents is 1. The Morgan fingerprint density at radius 2 is 2.10 bits per heavy atom. The molecule has 31 heavy (non-hydrogen) atoms. The molecule has 162 valence electrons. The number of amides is 1. The van der Waals surface area contributed by atoms with Crippen molar-refractivity contribution in [1.82, 2.24) is 14.8 Å². The lowest BCUT2D eigenvalue weighted by Gasteiger charge is -2.17. The van der Waals surface area contributed by atoms with Crippen LogP contribution in [0, 0.1) is 10.1 Å². The first-order valence-corrected chi connectivity index (χ1v) is 10.9. The highest BCUT2D eigenvalue weighted by Crippen LogP contribution is 2.29. The second-order valence-corrected chi connectivity index (χ2v) is 8.28. The quantitative estimate of drug-likeness (QED) is 0.305. The van der Waals surface area contributed by atoms with E-state index in [2.05, 4.69) is 20.4 Å². The molecular weight excluding hydrogens is 444 g/mol. The van der Waals surface area contributed by atoms with E-state index in [0.717, 1.165) is 37.6 Å². The minimum absolute atomic E-state index is 0.0000439. The highest BCUT2D eigenvalue weighted by atomic mass is 35.5. The lowest BCUT2D eigenvalue weighted by atomic mass is 10.2. The topological polar surface area (TPSA) is 119 Å². The molecule has 10 nitrogen and oxygen atoms in total. The van der Waals surface area contributed by atoms with Gasteiger partial charge in [-0.1, -0.05) is 23.4 Å². The van der Waals surface area contributed by atoms with Gasteiger partial charge < -0.3 is 14.6 Å². The number of benzene rings is 1. The average molecular weight is 463 g/mol. The lowest BCUT2D eigenvalue weighted by molar-refractivity contribution is -0.383. The van der Waals surface area contributed by atoms with Gasteiger partial charge in [-0.25, -0.2) is 0 Å². The summed E-state index contributed by atoms with van der Waals surface area (Å²) in [5, 5.41) is 23.2. The molecule has 0 bridgehead atoms. The zero-order valence-corrected chi connectivity index (χ0v) is 17.9. The summed E-state index contributed by atoms with van der Waals surface area (Å²) < 4.78 is 7.39. The molecule has 0 aliphatic carbocycles. The van der Waals surface area contributed by atoms with E-state index in [9.17, 15) is 14.9 Å². The number of furan rings is 1. The number of aromatic nitrogens is 3. The number of anilines is 2. The fourth-order valence-electron chi connectivity index (χ4n) is 3.32. The molecule has 0 radical (unpaired) electrons. The Hall–Kier alpha value is -3.05. The summed E-state index contributed by atoms with van der Waals surface area (Å²) in [6, 6.07) is 7.70. The van der Waals surface area contributed by atoms with Crippen LogP contribution in [0.5, 0.6) is 0 Å².